The van der Waals surface area contributed by atoms with Crippen molar-refractivity contribution in [2.24, 2.45) is 5.92 Å². The van der Waals surface area contributed by atoms with Crippen LogP contribution in [0, 0.1) is 5.92 Å². The molecule has 2 atom stereocenters. The van der Waals surface area contributed by atoms with E-state index in [9.17, 15) is 0 Å². The van der Waals surface area contributed by atoms with Crippen molar-refractivity contribution in [2.75, 3.05) is 6.54 Å². The van der Waals surface area contributed by atoms with Crippen LogP contribution in [0.25, 0.3) is 4.96 Å². The maximum Gasteiger partial charge on any atom is 0.234 e. The highest BCUT2D eigenvalue weighted by Gasteiger charge is 2.29. The van der Waals surface area contributed by atoms with E-state index in [-0.39, 0.29) is 0 Å². The topological polar surface area (TPSA) is 55.1 Å². The monoisotopic (exact) mass is 291 g/mol. The first-order chi connectivity index (χ1) is 9.83. The first kappa shape index (κ1) is 12.7. The molecule has 0 bridgehead atoms. The smallest absolute Gasteiger partial charge is 0.234 e. The molecular weight excluding hydrogens is 270 g/mol. The molecule has 3 heterocycles. The van der Waals surface area contributed by atoms with E-state index in [4.69, 9.17) is 5.10 Å². The van der Waals surface area contributed by atoms with Gasteiger partial charge in [0, 0.05) is 5.92 Å². The van der Waals surface area contributed by atoms with Crippen molar-refractivity contribution in [3.8, 4) is 0 Å². The molecule has 2 unspecified atom stereocenters. The van der Waals surface area contributed by atoms with E-state index in [2.05, 4.69) is 22.4 Å². The second-order valence-corrected chi connectivity index (χ2v) is 7.21. The number of aromatic nitrogens is 4. The molecule has 0 radical (unpaired) electrons. The van der Waals surface area contributed by atoms with Crippen molar-refractivity contribution in [1.82, 2.24) is 25.1 Å². The predicted octanol–water partition coefficient (Wildman–Crippen LogP) is 2.90. The predicted molar refractivity (Wildman–Crippen MR) is 79.0 cm³/mol. The third kappa shape index (κ3) is 2.05. The lowest BCUT2D eigenvalue weighted by Gasteiger charge is -2.19. The van der Waals surface area contributed by atoms with E-state index in [0.29, 0.717) is 17.9 Å². The quantitative estimate of drug-likeness (QED) is 0.924. The minimum atomic E-state index is 0.404. The van der Waals surface area contributed by atoms with Crippen LogP contribution in [0.5, 0.6) is 0 Å². The normalized spacial score (nSPS) is 28.4. The van der Waals surface area contributed by atoms with Gasteiger partial charge < -0.3 is 5.32 Å². The first-order valence-electron chi connectivity index (χ1n) is 7.78. The molecule has 2 aromatic heterocycles. The van der Waals surface area contributed by atoms with Crippen LogP contribution in [0.4, 0.5) is 0 Å². The van der Waals surface area contributed by atoms with Gasteiger partial charge in [0.25, 0.3) is 0 Å². The molecule has 0 aromatic carbocycles. The zero-order valence-electron chi connectivity index (χ0n) is 11.9. The van der Waals surface area contributed by atoms with Gasteiger partial charge in [-0.1, -0.05) is 37.5 Å². The Balaban J connectivity index is 1.67. The van der Waals surface area contributed by atoms with Crippen molar-refractivity contribution in [3.63, 3.8) is 0 Å². The molecule has 108 valence electrons. The molecule has 2 aliphatic rings. The fraction of sp³-hybridized carbons (Fsp3) is 0.786. The van der Waals surface area contributed by atoms with Crippen LogP contribution in [0.1, 0.15) is 68.2 Å². The van der Waals surface area contributed by atoms with Gasteiger partial charge in [0.15, 0.2) is 5.82 Å². The minimum Gasteiger partial charge on any atom is -0.308 e. The van der Waals surface area contributed by atoms with Gasteiger partial charge in [0.1, 0.15) is 5.01 Å². The molecule has 20 heavy (non-hydrogen) atoms. The molecule has 4 rings (SSSR count). The zero-order valence-corrected chi connectivity index (χ0v) is 12.7. The average Bonchev–Trinajstić information content (AvgIpc) is 3.13. The number of hydrogen-bond acceptors (Lipinski definition) is 5. The molecular formula is C14H21N5S. The van der Waals surface area contributed by atoms with Gasteiger partial charge in [-0.3, -0.25) is 0 Å². The van der Waals surface area contributed by atoms with Crippen molar-refractivity contribution >= 4 is 16.3 Å². The largest absolute Gasteiger partial charge is 0.308 e. The van der Waals surface area contributed by atoms with E-state index in [1.807, 2.05) is 4.52 Å². The third-order valence-corrected chi connectivity index (χ3v) is 5.78. The molecule has 1 N–H and O–H groups in total. The Labute approximate surface area is 122 Å². The summed E-state index contributed by atoms with van der Waals surface area (Å²) in [5.74, 6) is 2.31. The van der Waals surface area contributed by atoms with Gasteiger partial charge >= 0.3 is 0 Å². The summed E-state index contributed by atoms with van der Waals surface area (Å²) in [4.78, 5) is 0.960. The van der Waals surface area contributed by atoms with E-state index >= 15 is 0 Å². The average molecular weight is 291 g/mol. The number of nitrogens with one attached hydrogen (secondary N) is 1. The van der Waals surface area contributed by atoms with Gasteiger partial charge in [-0.25, -0.2) is 0 Å². The van der Waals surface area contributed by atoms with E-state index < -0.39 is 0 Å². The Hall–Kier alpha value is -1.01. The molecule has 6 heteroatoms. The standard InChI is InChI=1S/C14H21N5S/c1-9-7-8-15-11(9)13-18-19-12(16-17-14(19)20-13)10-5-3-2-4-6-10/h9-11,15H,2-8H2,1H3. The minimum absolute atomic E-state index is 0.404. The van der Waals surface area contributed by atoms with Crippen LogP contribution >= 0.6 is 11.3 Å². The van der Waals surface area contributed by atoms with Crippen molar-refractivity contribution in [1.29, 1.82) is 0 Å². The molecule has 1 aliphatic heterocycles. The summed E-state index contributed by atoms with van der Waals surface area (Å²) in [7, 11) is 0. The van der Waals surface area contributed by atoms with Crippen LogP contribution in [0.2, 0.25) is 0 Å². The summed E-state index contributed by atoms with van der Waals surface area (Å²) in [6.45, 7) is 3.40. The number of rotatable bonds is 2. The highest BCUT2D eigenvalue weighted by Crippen LogP contribution is 2.35. The van der Waals surface area contributed by atoms with Crippen molar-refractivity contribution < 1.29 is 0 Å². The van der Waals surface area contributed by atoms with Crippen LogP contribution in [0.3, 0.4) is 0 Å². The Kier molecular flexibility index (Phi) is 3.22. The van der Waals surface area contributed by atoms with Crippen molar-refractivity contribution in [2.45, 2.75) is 57.4 Å². The van der Waals surface area contributed by atoms with Crippen LogP contribution in [-0.4, -0.2) is 26.4 Å². The summed E-state index contributed by atoms with van der Waals surface area (Å²) in [5, 5.41) is 18.3. The number of hydrogen-bond donors (Lipinski definition) is 1. The number of fused-ring (bicyclic) bond motifs is 1. The molecule has 1 saturated heterocycles. The lowest BCUT2D eigenvalue weighted by molar-refractivity contribution is 0.421. The first-order valence-corrected chi connectivity index (χ1v) is 8.60. The van der Waals surface area contributed by atoms with Gasteiger partial charge in [-0.2, -0.15) is 9.61 Å². The van der Waals surface area contributed by atoms with Gasteiger partial charge in [-0.05, 0) is 31.7 Å². The van der Waals surface area contributed by atoms with E-state index in [1.54, 1.807) is 11.3 Å². The molecule has 0 amide bonds. The van der Waals surface area contributed by atoms with Crippen LogP contribution in [-0.2, 0) is 0 Å². The molecule has 2 fully saturated rings. The lowest BCUT2D eigenvalue weighted by Crippen LogP contribution is -2.17. The summed E-state index contributed by atoms with van der Waals surface area (Å²) in [5.41, 5.74) is 0. The summed E-state index contributed by atoms with van der Waals surface area (Å²) >= 11 is 1.70. The molecule has 2 aromatic rings. The van der Waals surface area contributed by atoms with Gasteiger partial charge in [0.05, 0.1) is 6.04 Å². The van der Waals surface area contributed by atoms with E-state index in [1.165, 1.54) is 43.5 Å². The zero-order chi connectivity index (χ0) is 13.5. The molecule has 1 aliphatic carbocycles. The lowest BCUT2D eigenvalue weighted by atomic mass is 9.89. The maximum absolute atomic E-state index is 4.83. The molecule has 1 saturated carbocycles. The fourth-order valence-corrected chi connectivity index (χ4v) is 4.61. The second-order valence-electron chi connectivity index (χ2n) is 6.23. The molecule has 0 spiro atoms. The summed E-state index contributed by atoms with van der Waals surface area (Å²) in [6, 6.07) is 0.404. The highest BCUT2D eigenvalue weighted by atomic mass is 32.1. The summed E-state index contributed by atoms with van der Waals surface area (Å²) < 4.78 is 2.02. The second kappa shape index (κ2) is 5.07. The van der Waals surface area contributed by atoms with E-state index in [0.717, 1.165) is 17.3 Å². The Morgan fingerprint density at radius 3 is 2.75 bits per heavy atom. The Morgan fingerprint density at radius 2 is 2.00 bits per heavy atom. The number of nitrogens with zero attached hydrogens (tertiary/aromatic N) is 4. The van der Waals surface area contributed by atoms with Gasteiger partial charge in [0.2, 0.25) is 4.96 Å². The maximum atomic E-state index is 4.83. The Morgan fingerprint density at radius 1 is 1.15 bits per heavy atom. The van der Waals surface area contributed by atoms with Crippen LogP contribution in [0.15, 0.2) is 0 Å². The molecule has 5 nitrogen and oxygen atoms in total. The third-order valence-electron chi connectivity index (χ3n) is 4.80. The van der Waals surface area contributed by atoms with Gasteiger partial charge in [-0.15, -0.1) is 10.2 Å². The SMILES string of the molecule is CC1CCNC1c1nn2c(C3CCCCC3)nnc2s1. The van der Waals surface area contributed by atoms with Crippen LogP contribution < -0.4 is 5.32 Å². The summed E-state index contributed by atoms with van der Waals surface area (Å²) in [6.07, 6.45) is 7.72. The Bertz CT molecular complexity index is 598. The highest BCUT2D eigenvalue weighted by molar-refractivity contribution is 7.16. The van der Waals surface area contributed by atoms with Crippen molar-refractivity contribution in [3.05, 3.63) is 10.8 Å². The fourth-order valence-electron chi connectivity index (χ4n) is 3.55.